The van der Waals surface area contributed by atoms with Crippen molar-refractivity contribution < 1.29 is 17.4 Å². The monoisotopic (exact) mass is 263 g/mol. The van der Waals surface area contributed by atoms with Crippen LogP contribution in [0, 0.1) is 6.92 Å². The van der Waals surface area contributed by atoms with E-state index in [1.807, 2.05) is 0 Å². The molecule has 1 aliphatic rings. The third-order valence-electron chi connectivity index (χ3n) is 2.80. The lowest BCUT2D eigenvalue weighted by Gasteiger charge is -2.19. The van der Waals surface area contributed by atoms with E-state index in [9.17, 15) is 17.4 Å². The van der Waals surface area contributed by atoms with Gasteiger partial charge in [-0.15, -0.1) is 0 Å². The van der Waals surface area contributed by atoms with Crippen molar-refractivity contribution in [2.45, 2.75) is 19.5 Å². The molecule has 1 aromatic carbocycles. The third kappa shape index (κ3) is 2.46. The van der Waals surface area contributed by atoms with E-state index in [1.165, 1.54) is 19.1 Å². The lowest BCUT2D eigenvalue weighted by atomic mass is 10.1. The topological polar surface area (TPSA) is 29.4 Å². The third-order valence-corrected chi connectivity index (χ3v) is 5.18. The van der Waals surface area contributed by atoms with Gasteiger partial charge in [0.15, 0.2) is 0 Å². The van der Waals surface area contributed by atoms with E-state index in [4.69, 9.17) is 0 Å². The van der Waals surface area contributed by atoms with Crippen LogP contribution in [0.15, 0.2) is 22.6 Å². The number of halogens is 3. The molecule has 94 valence electrons. The van der Waals surface area contributed by atoms with Crippen LogP contribution in [0.25, 0.3) is 0 Å². The maximum Gasteiger partial charge on any atom is 0.416 e. The van der Waals surface area contributed by atoms with Crippen LogP contribution >= 0.6 is 0 Å². The van der Waals surface area contributed by atoms with E-state index >= 15 is 0 Å². The summed E-state index contributed by atoms with van der Waals surface area (Å²) in [5.41, 5.74) is -0.458. The molecule has 0 atom stereocenters. The van der Waals surface area contributed by atoms with Crippen molar-refractivity contribution in [1.82, 2.24) is 0 Å². The van der Waals surface area contributed by atoms with Gasteiger partial charge in [-0.2, -0.15) is 17.5 Å². The molecular weight excluding hydrogens is 251 g/mol. The van der Waals surface area contributed by atoms with Gasteiger partial charge in [-0.1, -0.05) is 6.07 Å². The van der Waals surface area contributed by atoms with Crippen LogP contribution in [0.5, 0.6) is 0 Å². The number of hydrogen-bond donors (Lipinski definition) is 0. The molecule has 0 radical (unpaired) electrons. The molecular formula is C11H12F3NOS. The summed E-state index contributed by atoms with van der Waals surface area (Å²) >= 11 is 0. The number of rotatable bonds is 1. The summed E-state index contributed by atoms with van der Waals surface area (Å²) in [5.74, 6) is 0.978. The van der Waals surface area contributed by atoms with Gasteiger partial charge < -0.3 is 0 Å². The molecule has 0 unspecified atom stereocenters. The lowest BCUT2D eigenvalue weighted by Crippen LogP contribution is -2.23. The first kappa shape index (κ1) is 12.4. The SMILES string of the molecule is Cc1c(N=S2(=O)CCC2)cccc1C(F)(F)F. The van der Waals surface area contributed by atoms with Crippen LogP contribution in [-0.4, -0.2) is 15.7 Å². The van der Waals surface area contributed by atoms with Crippen molar-refractivity contribution in [1.29, 1.82) is 0 Å². The highest BCUT2D eigenvalue weighted by Crippen LogP contribution is 2.36. The Kier molecular flexibility index (Phi) is 2.93. The molecule has 1 saturated heterocycles. The average Bonchev–Trinajstić information content (AvgIpc) is 2.17. The van der Waals surface area contributed by atoms with Gasteiger partial charge in [-0.3, -0.25) is 0 Å². The fraction of sp³-hybridized carbons (Fsp3) is 0.455. The highest BCUT2D eigenvalue weighted by molar-refractivity contribution is 7.95. The molecule has 1 aromatic rings. The highest BCUT2D eigenvalue weighted by Gasteiger charge is 2.33. The van der Waals surface area contributed by atoms with Gasteiger partial charge in [0.2, 0.25) is 0 Å². The smallest absolute Gasteiger partial charge is 0.249 e. The molecule has 1 fully saturated rings. The van der Waals surface area contributed by atoms with Crippen molar-refractivity contribution in [2.24, 2.45) is 4.36 Å². The van der Waals surface area contributed by atoms with Crippen molar-refractivity contribution >= 4 is 15.4 Å². The zero-order valence-electron chi connectivity index (χ0n) is 9.25. The summed E-state index contributed by atoms with van der Waals surface area (Å²) in [6.07, 6.45) is -3.55. The second-order valence-electron chi connectivity index (χ2n) is 4.07. The van der Waals surface area contributed by atoms with E-state index < -0.39 is 21.5 Å². The van der Waals surface area contributed by atoms with E-state index in [0.717, 1.165) is 12.5 Å². The van der Waals surface area contributed by atoms with Crippen molar-refractivity contribution in [3.8, 4) is 0 Å². The molecule has 17 heavy (non-hydrogen) atoms. The Labute approximate surface area is 98.0 Å². The first-order valence-corrected chi connectivity index (χ1v) is 7.06. The van der Waals surface area contributed by atoms with Gasteiger partial charge >= 0.3 is 6.18 Å². The van der Waals surface area contributed by atoms with E-state index in [-0.39, 0.29) is 11.3 Å². The zero-order valence-corrected chi connectivity index (χ0v) is 10.1. The predicted molar refractivity (Wildman–Crippen MR) is 60.8 cm³/mol. The number of alkyl halides is 3. The maximum atomic E-state index is 12.6. The number of benzene rings is 1. The number of nitrogens with zero attached hydrogens (tertiary/aromatic N) is 1. The summed E-state index contributed by atoms with van der Waals surface area (Å²) in [7, 11) is -2.27. The summed E-state index contributed by atoms with van der Waals surface area (Å²) in [5, 5.41) is 0. The molecule has 2 nitrogen and oxygen atoms in total. The molecule has 0 aliphatic carbocycles. The maximum absolute atomic E-state index is 12.6. The van der Waals surface area contributed by atoms with Crippen LogP contribution in [0.1, 0.15) is 17.5 Å². The molecule has 0 N–H and O–H groups in total. The molecule has 0 amide bonds. The van der Waals surface area contributed by atoms with Crippen molar-refractivity contribution in [2.75, 3.05) is 11.5 Å². The van der Waals surface area contributed by atoms with Gasteiger partial charge in [0, 0.05) is 11.5 Å². The molecule has 1 aliphatic heterocycles. The van der Waals surface area contributed by atoms with E-state index in [1.54, 1.807) is 0 Å². The fourth-order valence-electron chi connectivity index (χ4n) is 1.69. The first-order chi connectivity index (χ1) is 7.82. The van der Waals surface area contributed by atoms with Gasteiger partial charge in [0.25, 0.3) is 0 Å². The molecule has 0 spiro atoms. The van der Waals surface area contributed by atoms with Crippen LogP contribution in [-0.2, 0) is 15.9 Å². The number of hydrogen-bond acceptors (Lipinski definition) is 2. The Morgan fingerprint density at radius 2 is 1.94 bits per heavy atom. The lowest BCUT2D eigenvalue weighted by molar-refractivity contribution is -0.138. The molecule has 0 aromatic heterocycles. The van der Waals surface area contributed by atoms with Crippen LogP contribution in [0.3, 0.4) is 0 Å². The van der Waals surface area contributed by atoms with Gasteiger partial charge in [-0.05, 0) is 31.0 Å². The van der Waals surface area contributed by atoms with Crippen molar-refractivity contribution in [3.05, 3.63) is 29.3 Å². The minimum atomic E-state index is -4.39. The normalized spacial score (nSPS) is 18.6. The molecule has 1 heterocycles. The van der Waals surface area contributed by atoms with Crippen molar-refractivity contribution in [3.63, 3.8) is 0 Å². The van der Waals surface area contributed by atoms with Crippen LogP contribution in [0.4, 0.5) is 18.9 Å². The summed E-state index contributed by atoms with van der Waals surface area (Å²) < 4.78 is 53.8. The van der Waals surface area contributed by atoms with Gasteiger partial charge in [0.05, 0.1) is 21.0 Å². The summed E-state index contributed by atoms with van der Waals surface area (Å²) in [4.78, 5) is 0. The summed E-state index contributed by atoms with van der Waals surface area (Å²) in [6.45, 7) is 1.36. The highest BCUT2D eigenvalue weighted by atomic mass is 32.2. The quantitative estimate of drug-likeness (QED) is 0.762. The van der Waals surface area contributed by atoms with Gasteiger partial charge in [-0.25, -0.2) is 4.21 Å². The molecule has 2 rings (SSSR count). The fourth-order valence-corrected chi connectivity index (χ4v) is 3.21. The Hall–Kier alpha value is -1.04. The zero-order chi connectivity index (χ0) is 12.7. The molecule has 6 heteroatoms. The van der Waals surface area contributed by atoms with E-state index in [0.29, 0.717) is 11.5 Å². The Balaban J connectivity index is 2.51. The average molecular weight is 263 g/mol. The Bertz CT molecular complexity index is 546. The first-order valence-electron chi connectivity index (χ1n) is 5.21. The molecule has 0 bridgehead atoms. The standard InChI is InChI=1S/C11H12F3NOS/c1-8-9(11(12,13)14)4-2-5-10(8)15-17(16)6-3-7-17/h2,4-5H,3,6-7H2,1H3. The van der Waals surface area contributed by atoms with Crippen LogP contribution in [0.2, 0.25) is 0 Å². The van der Waals surface area contributed by atoms with E-state index in [2.05, 4.69) is 4.36 Å². The Morgan fingerprint density at radius 3 is 2.41 bits per heavy atom. The van der Waals surface area contributed by atoms with Gasteiger partial charge in [0.1, 0.15) is 0 Å². The Morgan fingerprint density at radius 1 is 1.29 bits per heavy atom. The van der Waals surface area contributed by atoms with Crippen LogP contribution < -0.4 is 0 Å². The minimum Gasteiger partial charge on any atom is -0.249 e. The second-order valence-corrected chi connectivity index (χ2v) is 6.62. The largest absolute Gasteiger partial charge is 0.416 e. The summed E-state index contributed by atoms with van der Waals surface area (Å²) in [6, 6.07) is 3.80. The minimum absolute atomic E-state index is 0.0506. The molecule has 0 saturated carbocycles. The predicted octanol–water partition coefficient (Wildman–Crippen LogP) is 3.52. The second kappa shape index (κ2) is 4.01.